The topological polar surface area (TPSA) is 52.6 Å². The summed E-state index contributed by atoms with van der Waals surface area (Å²) < 4.78 is 0. The van der Waals surface area contributed by atoms with Crippen molar-refractivity contribution in [3.63, 3.8) is 0 Å². The quantitative estimate of drug-likeness (QED) is 0.840. The lowest BCUT2D eigenvalue weighted by atomic mass is 10.0. The normalized spacial score (nSPS) is 18.9. The number of aromatic hydroxyl groups is 1. The van der Waals surface area contributed by atoms with E-state index in [0.29, 0.717) is 12.5 Å². The molecular formula is C15H20N2O2. The molecular weight excluding hydrogens is 240 g/mol. The van der Waals surface area contributed by atoms with Gasteiger partial charge < -0.3 is 15.3 Å². The van der Waals surface area contributed by atoms with Crippen molar-refractivity contribution in [1.29, 1.82) is 0 Å². The Hall–Kier alpha value is -1.55. The van der Waals surface area contributed by atoms with E-state index in [9.17, 15) is 9.90 Å². The van der Waals surface area contributed by atoms with Gasteiger partial charge >= 0.3 is 0 Å². The highest BCUT2D eigenvalue weighted by Crippen LogP contribution is 2.31. The van der Waals surface area contributed by atoms with Crippen molar-refractivity contribution in [3.8, 4) is 5.75 Å². The molecule has 2 fully saturated rings. The summed E-state index contributed by atoms with van der Waals surface area (Å²) in [4.78, 5) is 14.4. The van der Waals surface area contributed by atoms with Crippen LogP contribution in [0.25, 0.3) is 0 Å². The van der Waals surface area contributed by atoms with Gasteiger partial charge in [-0.1, -0.05) is 12.1 Å². The molecule has 0 spiro atoms. The molecule has 19 heavy (non-hydrogen) atoms. The van der Waals surface area contributed by atoms with Crippen LogP contribution in [0.5, 0.6) is 5.75 Å². The van der Waals surface area contributed by atoms with Crippen LogP contribution in [0.3, 0.4) is 0 Å². The van der Waals surface area contributed by atoms with Crippen molar-refractivity contribution < 1.29 is 9.90 Å². The summed E-state index contributed by atoms with van der Waals surface area (Å²) in [5, 5.41) is 12.7. The predicted octanol–water partition coefficient (Wildman–Crippen LogP) is 1.35. The van der Waals surface area contributed by atoms with E-state index in [4.69, 9.17) is 0 Å². The van der Waals surface area contributed by atoms with Crippen molar-refractivity contribution in [2.24, 2.45) is 11.8 Å². The molecule has 102 valence electrons. The fourth-order valence-electron chi connectivity index (χ4n) is 2.44. The zero-order valence-electron chi connectivity index (χ0n) is 11.0. The van der Waals surface area contributed by atoms with Gasteiger partial charge in [0.05, 0.1) is 5.92 Å². The van der Waals surface area contributed by atoms with Crippen molar-refractivity contribution in [3.05, 3.63) is 29.8 Å². The molecule has 0 atom stereocenters. The number of nitrogens with one attached hydrogen (secondary N) is 1. The largest absolute Gasteiger partial charge is 0.508 e. The molecule has 0 unspecified atom stereocenters. The molecule has 4 heteroatoms. The van der Waals surface area contributed by atoms with Gasteiger partial charge in [0.15, 0.2) is 0 Å². The highest BCUT2D eigenvalue weighted by molar-refractivity contribution is 5.80. The Bertz CT molecular complexity index is 467. The monoisotopic (exact) mass is 260 g/mol. The van der Waals surface area contributed by atoms with E-state index >= 15 is 0 Å². The number of hydrogen-bond donors (Lipinski definition) is 2. The highest BCUT2D eigenvalue weighted by Gasteiger charge is 2.32. The number of nitrogens with zero attached hydrogens (tertiary/aromatic N) is 1. The number of benzene rings is 1. The number of carbonyl (C=O) groups excluding carboxylic acids is 1. The van der Waals surface area contributed by atoms with Crippen LogP contribution in [0.2, 0.25) is 0 Å². The number of phenols is 1. The van der Waals surface area contributed by atoms with Crippen LogP contribution in [-0.4, -0.2) is 35.5 Å². The van der Waals surface area contributed by atoms with Crippen molar-refractivity contribution in [1.82, 2.24) is 10.2 Å². The summed E-state index contributed by atoms with van der Waals surface area (Å²) in [5.41, 5.74) is 1.00. The summed E-state index contributed by atoms with van der Waals surface area (Å²) in [7, 11) is 0. The maximum atomic E-state index is 12.4. The van der Waals surface area contributed by atoms with Gasteiger partial charge in [-0.25, -0.2) is 0 Å². The Kier molecular flexibility index (Phi) is 3.42. The Labute approximate surface area is 113 Å². The minimum Gasteiger partial charge on any atom is -0.508 e. The van der Waals surface area contributed by atoms with E-state index < -0.39 is 0 Å². The van der Waals surface area contributed by atoms with Gasteiger partial charge in [-0.2, -0.15) is 0 Å². The van der Waals surface area contributed by atoms with Crippen molar-refractivity contribution in [2.75, 3.05) is 19.6 Å². The van der Waals surface area contributed by atoms with Crippen LogP contribution in [0.4, 0.5) is 0 Å². The van der Waals surface area contributed by atoms with E-state index in [1.54, 1.807) is 12.1 Å². The minimum atomic E-state index is 0.149. The van der Waals surface area contributed by atoms with Crippen LogP contribution in [0.15, 0.2) is 24.3 Å². The van der Waals surface area contributed by atoms with E-state index in [-0.39, 0.29) is 17.6 Å². The first-order valence-electron chi connectivity index (χ1n) is 7.00. The molecule has 1 saturated heterocycles. The average molecular weight is 260 g/mol. The van der Waals surface area contributed by atoms with Gasteiger partial charge in [0.25, 0.3) is 0 Å². The van der Waals surface area contributed by atoms with Crippen molar-refractivity contribution in [2.45, 2.75) is 19.4 Å². The maximum Gasteiger partial charge on any atom is 0.228 e. The summed E-state index contributed by atoms with van der Waals surface area (Å²) in [6, 6.07) is 7.19. The molecule has 1 aliphatic heterocycles. The number of hydrogen-bond acceptors (Lipinski definition) is 3. The van der Waals surface area contributed by atoms with Crippen LogP contribution in [0, 0.1) is 11.8 Å². The molecule has 1 aromatic carbocycles. The molecule has 0 bridgehead atoms. The Morgan fingerprint density at radius 3 is 2.74 bits per heavy atom. The van der Waals surface area contributed by atoms with E-state index in [1.807, 2.05) is 17.0 Å². The lowest BCUT2D eigenvalue weighted by Crippen LogP contribution is -2.52. The van der Waals surface area contributed by atoms with Crippen LogP contribution in [0.1, 0.15) is 18.4 Å². The van der Waals surface area contributed by atoms with Crippen LogP contribution >= 0.6 is 0 Å². The van der Waals surface area contributed by atoms with E-state index in [1.165, 1.54) is 12.8 Å². The number of amides is 1. The fourth-order valence-corrected chi connectivity index (χ4v) is 2.44. The number of phenolic OH excluding ortho intramolecular Hbond substituents is 1. The molecule has 1 aliphatic carbocycles. The van der Waals surface area contributed by atoms with Gasteiger partial charge in [0, 0.05) is 26.2 Å². The molecule has 3 rings (SSSR count). The molecule has 1 heterocycles. The molecule has 1 saturated carbocycles. The second kappa shape index (κ2) is 5.21. The highest BCUT2D eigenvalue weighted by atomic mass is 16.3. The minimum absolute atomic E-state index is 0.149. The molecule has 2 aliphatic rings. The summed E-state index contributed by atoms with van der Waals surface area (Å²) in [6.07, 6.45) is 2.49. The summed E-state index contributed by atoms with van der Waals surface area (Å²) >= 11 is 0. The second-order valence-electron chi connectivity index (χ2n) is 5.69. The first-order valence-corrected chi connectivity index (χ1v) is 7.00. The van der Waals surface area contributed by atoms with Crippen molar-refractivity contribution >= 4 is 5.91 Å². The fraction of sp³-hybridized carbons (Fsp3) is 0.533. The third kappa shape index (κ3) is 3.07. The summed E-state index contributed by atoms with van der Waals surface area (Å²) in [5.74, 6) is 1.36. The van der Waals surface area contributed by atoms with Gasteiger partial charge in [-0.05, 0) is 36.5 Å². The Morgan fingerprint density at radius 2 is 2.16 bits per heavy atom. The third-order valence-corrected chi connectivity index (χ3v) is 3.90. The standard InChI is InChI=1S/C15H20N2O2/c18-14-3-1-2-12(6-14)10-17(9-11-4-5-11)15(19)13-7-16-8-13/h1-3,6,11,13,16,18H,4-5,7-10H2. The lowest BCUT2D eigenvalue weighted by molar-refractivity contribution is -0.138. The number of rotatable bonds is 5. The molecule has 0 radical (unpaired) electrons. The first kappa shape index (κ1) is 12.5. The zero-order valence-corrected chi connectivity index (χ0v) is 11.0. The van der Waals surface area contributed by atoms with Gasteiger partial charge in [0.1, 0.15) is 5.75 Å². The van der Waals surface area contributed by atoms with E-state index in [0.717, 1.165) is 25.2 Å². The zero-order chi connectivity index (χ0) is 13.2. The van der Waals surface area contributed by atoms with E-state index in [2.05, 4.69) is 5.32 Å². The first-order chi connectivity index (χ1) is 9.22. The SMILES string of the molecule is O=C(C1CNC1)N(Cc1cccc(O)c1)CC1CC1. The van der Waals surface area contributed by atoms with Crippen LogP contribution in [-0.2, 0) is 11.3 Å². The lowest BCUT2D eigenvalue weighted by Gasteiger charge is -2.32. The Morgan fingerprint density at radius 1 is 1.37 bits per heavy atom. The second-order valence-corrected chi connectivity index (χ2v) is 5.69. The molecule has 2 N–H and O–H groups in total. The smallest absolute Gasteiger partial charge is 0.228 e. The van der Waals surface area contributed by atoms with Gasteiger partial charge in [0.2, 0.25) is 5.91 Å². The van der Waals surface area contributed by atoms with Gasteiger partial charge in [-0.3, -0.25) is 4.79 Å². The third-order valence-electron chi connectivity index (χ3n) is 3.90. The summed E-state index contributed by atoms with van der Waals surface area (Å²) in [6.45, 7) is 3.09. The molecule has 0 aromatic heterocycles. The molecule has 1 amide bonds. The molecule has 1 aromatic rings. The predicted molar refractivity (Wildman–Crippen MR) is 72.6 cm³/mol. The maximum absolute atomic E-state index is 12.4. The van der Waals surface area contributed by atoms with Gasteiger partial charge in [-0.15, -0.1) is 0 Å². The Balaban J connectivity index is 1.68. The number of carbonyl (C=O) groups is 1. The van der Waals surface area contributed by atoms with Crippen LogP contribution < -0.4 is 5.32 Å². The molecule has 4 nitrogen and oxygen atoms in total. The average Bonchev–Trinajstić information content (AvgIpc) is 3.10.